The maximum absolute atomic E-state index is 13.7. The number of benzene rings is 3. The molecule has 0 unspecified atom stereocenters. The molecule has 0 saturated carbocycles. The highest BCUT2D eigenvalue weighted by atomic mass is 16.6. The Labute approximate surface area is 225 Å². The predicted molar refractivity (Wildman–Crippen MR) is 146 cm³/mol. The van der Waals surface area contributed by atoms with Gasteiger partial charge in [-0.1, -0.05) is 31.2 Å². The summed E-state index contributed by atoms with van der Waals surface area (Å²) in [4.78, 5) is 38.7. The molecule has 0 aromatic heterocycles. The largest absolute Gasteiger partial charge is 0.497 e. The van der Waals surface area contributed by atoms with Crippen molar-refractivity contribution in [3.63, 3.8) is 0 Å². The third-order valence-corrected chi connectivity index (χ3v) is 6.72. The number of carbonyl (C=O) groups excluding carboxylic acids is 2. The molecule has 3 aromatic rings. The molecule has 3 aromatic carbocycles. The lowest BCUT2D eigenvalue weighted by atomic mass is 9.82. The minimum absolute atomic E-state index is 0.0608. The van der Waals surface area contributed by atoms with Crippen LogP contribution in [0, 0.1) is 16.0 Å². The molecule has 3 N–H and O–H groups in total. The quantitative estimate of drug-likeness (QED) is 0.203. The van der Waals surface area contributed by atoms with Gasteiger partial charge in [-0.15, -0.1) is 0 Å². The molecule has 0 spiro atoms. The molecule has 10 heteroatoms. The van der Waals surface area contributed by atoms with Gasteiger partial charge in [0.2, 0.25) is 0 Å². The van der Waals surface area contributed by atoms with Crippen molar-refractivity contribution in [2.45, 2.75) is 25.5 Å². The lowest BCUT2D eigenvalue weighted by Crippen LogP contribution is -2.44. The number of nitro benzene ring substituents is 1. The third kappa shape index (κ3) is 5.52. The van der Waals surface area contributed by atoms with E-state index in [9.17, 15) is 24.8 Å². The molecule has 1 heterocycles. The number of aliphatic hydroxyl groups is 2. The van der Waals surface area contributed by atoms with Crippen LogP contribution in [-0.4, -0.2) is 40.7 Å². The number of carbonyl (C=O) groups is 2. The molecule has 0 fully saturated rings. The Morgan fingerprint density at radius 2 is 1.92 bits per heavy atom. The Morgan fingerprint density at radius 3 is 2.59 bits per heavy atom. The average molecular weight is 532 g/mol. The number of hydrogen-bond donors (Lipinski definition) is 3. The summed E-state index contributed by atoms with van der Waals surface area (Å²) >= 11 is 0. The summed E-state index contributed by atoms with van der Waals surface area (Å²) in [5.41, 5.74) is -0.133. The van der Waals surface area contributed by atoms with Crippen molar-refractivity contribution < 1.29 is 29.5 Å². The molecule has 0 radical (unpaired) electrons. The smallest absolute Gasteiger partial charge is 0.269 e. The van der Waals surface area contributed by atoms with Crippen LogP contribution in [0.1, 0.15) is 34.8 Å². The summed E-state index contributed by atoms with van der Waals surface area (Å²) in [6.45, 7) is 1.62. The first-order valence-corrected chi connectivity index (χ1v) is 12.3. The minimum Gasteiger partial charge on any atom is -0.497 e. The fraction of sp³-hybridized carbons (Fsp3) is 0.241. The van der Waals surface area contributed by atoms with Crippen LogP contribution in [-0.2, 0) is 16.9 Å². The Hall–Kier alpha value is -4.54. The van der Waals surface area contributed by atoms with Crippen LogP contribution in [0.25, 0.3) is 0 Å². The zero-order chi connectivity index (χ0) is 28.2. The molecule has 10 nitrogen and oxygen atoms in total. The van der Waals surface area contributed by atoms with Crippen molar-refractivity contribution in [3.05, 3.63) is 106 Å². The summed E-state index contributed by atoms with van der Waals surface area (Å²) in [5.74, 6) is -1.03. The second-order valence-corrected chi connectivity index (χ2v) is 9.23. The number of amides is 2. The van der Waals surface area contributed by atoms with Gasteiger partial charge in [0.05, 0.1) is 24.3 Å². The standard InChI is InChI=1S/C29H29N3O7/c1-19(6-3-4-15-33)29(36)25-17-23(32(37)38)11-14-26(25)31(28(29)35)18-20-7-5-8-22(16-20)30-27(34)21-9-12-24(39-2)13-10-21/h3,5-14,16-17,19,33,36H,4,15,18H2,1-2H3,(H,30,34)/b6-3+/t19-,29+/m0/s1. The molecule has 0 bridgehead atoms. The fourth-order valence-corrected chi connectivity index (χ4v) is 4.60. The monoisotopic (exact) mass is 531 g/mol. The average Bonchev–Trinajstić information content (AvgIpc) is 3.15. The third-order valence-electron chi connectivity index (χ3n) is 6.72. The SMILES string of the molecule is COc1ccc(C(=O)Nc2cccc(CN3C(=O)[C@@](O)([C@@H](C)/C=C/CCO)c4cc([N+](=O)[O-])ccc43)c2)cc1. The number of hydrogen-bond acceptors (Lipinski definition) is 7. The van der Waals surface area contributed by atoms with E-state index in [1.165, 1.54) is 23.1 Å². The van der Waals surface area contributed by atoms with Crippen molar-refractivity contribution >= 4 is 28.9 Å². The van der Waals surface area contributed by atoms with Crippen LogP contribution in [0.2, 0.25) is 0 Å². The number of ether oxygens (including phenoxy) is 1. The first-order chi connectivity index (χ1) is 18.7. The molecular weight excluding hydrogens is 502 g/mol. The predicted octanol–water partition coefficient (Wildman–Crippen LogP) is 4.16. The van der Waals surface area contributed by atoms with Gasteiger partial charge in [0.1, 0.15) is 5.75 Å². The van der Waals surface area contributed by atoms with Gasteiger partial charge in [-0.3, -0.25) is 19.7 Å². The van der Waals surface area contributed by atoms with E-state index >= 15 is 0 Å². The van der Waals surface area contributed by atoms with Gasteiger partial charge in [0, 0.05) is 41.5 Å². The topological polar surface area (TPSA) is 142 Å². The molecule has 39 heavy (non-hydrogen) atoms. The van der Waals surface area contributed by atoms with Crippen LogP contribution in [0.3, 0.4) is 0 Å². The van der Waals surface area contributed by atoms with Gasteiger partial charge in [-0.2, -0.15) is 0 Å². The van der Waals surface area contributed by atoms with E-state index in [4.69, 9.17) is 9.84 Å². The Morgan fingerprint density at radius 1 is 1.18 bits per heavy atom. The van der Waals surface area contributed by atoms with Gasteiger partial charge in [-0.05, 0) is 54.4 Å². The van der Waals surface area contributed by atoms with Crippen LogP contribution in [0.5, 0.6) is 5.75 Å². The lowest BCUT2D eigenvalue weighted by Gasteiger charge is -2.27. The number of fused-ring (bicyclic) bond motifs is 1. The molecule has 1 aliphatic heterocycles. The summed E-state index contributed by atoms with van der Waals surface area (Å²) in [7, 11) is 1.54. The molecular formula is C29H29N3O7. The van der Waals surface area contributed by atoms with Crippen molar-refractivity contribution in [2.24, 2.45) is 5.92 Å². The molecule has 0 saturated heterocycles. The molecule has 2 atom stereocenters. The molecule has 4 rings (SSSR count). The first-order valence-electron chi connectivity index (χ1n) is 12.3. The van der Waals surface area contributed by atoms with Crippen LogP contribution in [0.4, 0.5) is 17.1 Å². The van der Waals surface area contributed by atoms with E-state index in [1.807, 2.05) is 0 Å². The summed E-state index contributed by atoms with van der Waals surface area (Å²) in [5, 5.41) is 35.1. The Bertz CT molecular complexity index is 1420. The van der Waals surface area contributed by atoms with Crippen LogP contribution >= 0.6 is 0 Å². The number of anilines is 2. The number of nitrogens with one attached hydrogen (secondary N) is 1. The first kappa shape index (κ1) is 27.5. The molecule has 2 amide bonds. The van der Waals surface area contributed by atoms with Gasteiger partial charge in [-0.25, -0.2) is 0 Å². The number of nitrogens with zero attached hydrogens (tertiary/aromatic N) is 2. The van der Waals surface area contributed by atoms with Crippen molar-refractivity contribution in [1.82, 2.24) is 0 Å². The number of nitro groups is 1. The highest BCUT2D eigenvalue weighted by Crippen LogP contribution is 2.47. The normalized spacial score (nSPS) is 17.2. The van der Waals surface area contributed by atoms with Crippen molar-refractivity contribution in [1.29, 1.82) is 0 Å². The summed E-state index contributed by atoms with van der Waals surface area (Å²) < 4.78 is 5.12. The van der Waals surface area contributed by atoms with E-state index in [0.29, 0.717) is 34.7 Å². The maximum Gasteiger partial charge on any atom is 0.269 e. The van der Waals surface area contributed by atoms with Gasteiger partial charge in [0.15, 0.2) is 5.60 Å². The fourth-order valence-electron chi connectivity index (χ4n) is 4.60. The number of non-ortho nitro benzene ring substituents is 1. The Balaban J connectivity index is 1.62. The zero-order valence-electron chi connectivity index (χ0n) is 21.5. The number of rotatable bonds is 10. The minimum atomic E-state index is -2.03. The summed E-state index contributed by atoms with van der Waals surface area (Å²) in [6, 6.07) is 17.6. The van der Waals surface area contributed by atoms with Gasteiger partial charge in [0.25, 0.3) is 17.5 Å². The van der Waals surface area contributed by atoms with E-state index in [0.717, 1.165) is 0 Å². The van der Waals surface area contributed by atoms with Crippen LogP contribution < -0.4 is 15.0 Å². The second kappa shape index (κ2) is 11.5. The molecule has 1 aliphatic rings. The highest BCUT2D eigenvalue weighted by molar-refractivity contribution is 6.07. The summed E-state index contributed by atoms with van der Waals surface area (Å²) in [6.07, 6.45) is 3.62. The molecule has 0 aliphatic carbocycles. The molecule has 202 valence electrons. The number of methoxy groups -OCH3 is 1. The van der Waals surface area contributed by atoms with Gasteiger partial charge >= 0.3 is 0 Å². The van der Waals surface area contributed by atoms with E-state index in [2.05, 4.69) is 5.32 Å². The maximum atomic E-state index is 13.7. The zero-order valence-corrected chi connectivity index (χ0v) is 21.5. The highest BCUT2D eigenvalue weighted by Gasteiger charge is 2.53. The van der Waals surface area contributed by atoms with E-state index in [-0.39, 0.29) is 30.3 Å². The van der Waals surface area contributed by atoms with Crippen molar-refractivity contribution in [2.75, 3.05) is 23.9 Å². The van der Waals surface area contributed by atoms with Gasteiger partial charge < -0.3 is 25.2 Å². The second-order valence-electron chi connectivity index (χ2n) is 9.23. The van der Waals surface area contributed by atoms with E-state index in [1.54, 1.807) is 74.7 Å². The number of aliphatic hydroxyl groups excluding tert-OH is 1. The Kier molecular flexibility index (Phi) is 8.08. The van der Waals surface area contributed by atoms with E-state index < -0.39 is 22.3 Å². The van der Waals surface area contributed by atoms with Crippen LogP contribution in [0.15, 0.2) is 78.9 Å². The van der Waals surface area contributed by atoms with Crippen molar-refractivity contribution in [3.8, 4) is 5.75 Å². The lowest BCUT2D eigenvalue weighted by molar-refractivity contribution is -0.385.